The standard InChI is InChI=1S/C14H29N3O2/c1-13-6-4-8-17(12-13)14(15-2)16-7-5-9-19-11-10-18-3/h13H,4-12H2,1-3H3,(H,15,16). The number of guanidine groups is 1. The highest BCUT2D eigenvalue weighted by Crippen LogP contribution is 2.15. The lowest BCUT2D eigenvalue weighted by Crippen LogP contribution is -2.46. The molecule has 0 bridgehead atoms. The van der Waals surface area contributed by atoms with Gasteiger partial charge in [-0.05, 0) is 25.2 Å². The lowest BCUT2D eigenvalue weighted by molar-refractivity contribution is 0.0698. The molecular weight excluding hydrogens is 242 g/mol. The van der Waals surface area contributed by atoms with Gasteiger partial charge in [-0.25, -0.2) is 0 Å². The van der Waals surface area contributed by atoms with E-state index < -0.39 is 0 Å². The Balaban J connectivity index is 2.12. The van der Waals surface area contributed by atoms with Crippen molar-refractivity contribution >= 4 is 5.96 Å². The Kier molecular flexibility index (Phi) is 8.58. The van der Waals surface area contributed by atoms with Crippen LogP contribution in [0.3, 0.4) is 0 Å². The van der Waals surface area contributed by atoms with E-state index in [0.717, 1.165) is 44.5 Å². The van der Waals surface area contributed by atoms with Crippen LogP contribution in [0.2, 0.25) is 0 Å². The van der Waals surface area contributed by atoms with Crippen LogP contribution in [0, 0.1) is 5.92 Å². The third-order valence-corrected chi connectivity index (χ3v) is 3.35. The van der Waals surface area contributed by atoms with E-state index in [-0.39, 0.29) is 0 Å². The second-order valence-electron chi connectivity index (χ2n) is 5.13. The summed E-state index contributed by atoms with van der Waals surface area (Å²) in [5.74, 6) is 1.80. The van der Waals surface area contributed by atoms with Crippen LogP contribution in [-0.4, -0.2) is 64.5 Å². The molecule has 0 radical (unpaired) electrons. The van der Waals surface area contributed by atoms with Gasteiger partial charge < -0.3 is 19.7 Å². The molecule has 0 aromatic rings. The molecule has 0 spiro atoms. The van der Waals surface area contributed by atoms with Gasteiger partial charge in [-0.15, -0.1) is 0 Å². The zero-order valence-electron chi connectivity index (χ0n) is 12.7. The molecule has 1 N–H and O–H groups in total. The summed E-state index contributed by atoms with van der Waals surface area (Å²) in [6.07, 6.45) is 3.59. The number of ether oxygens (including phenoxy) is 2. The summed E-state index contributed by atoms with van der Waals surface area (Å²) in [5.41, 5.74) is 0. The van der Waals surface area contributed by atoms with Crippen molar-refractivity contribution in [2.24, 2.45) is 10.9 Å². The van der Waals surface area contributed by atoms with Gasteiger partial charge in [-0.2, -0.15) is 0 Å². The van der Waals surface area contributed by atoms with Crippen LogP contribution in [0.5, 0.6) is 0 Å². The molecular formula is C14H29N3O2. The Hall–Kier alpha value is -0.810. The minimum atomic E-state index is 0.667. The number of nitrogens with zero attached hydrogens (tertiary/aromatic N) is 2. The van der Waals surface area contributed by atoms with Crippen molar-refractivity contribution in [2.45, 2.75) is 26.2 Å². The molecule has 112 valence electrons. The molecule has 5 heteroatoms. The number of hydrogen-bond donors (Lipinski definition) is 1. The smallest absolute Gasteiger partial charge is 0.193 e. The fourth-order valence-electron chi connectivity index (χ4n) is 2.33. The highest BCUT2D eigenvalue weighted by atomic mass is 16.5. The molecule has 0 aromatic heterocycles. The third-order valence-electron chi connectivity index (χ3n) is 3.35. The van der Waals surface area contributed by atoms with Crippen molar-refractivity contribution in [3.8, 4) is 0 Å². The highest BCUT2D eigenvalue weighted by Gasteiger charge is 2.18. The second-order valence-corrected chi connectivity index (χ2v) is 5.13. The molecule has 19 heavy (non-hydrogen) atoms. The van der Waals surface area contributed by atoms with Crippen molar-refractivity contribution in [1.29, 1.82) is 0 Å². The Labute approximate surface area is 117 Å². The van der Waals surface area contributed by atoms with Crippen molar-refractivity contribution in [1.82, 2.24) is 10.2 Å². The Morgan fingerprint density at radius 1 is 1.37 bits per heavy atom. The summed E-state index contributed by atoms with van der Waals surface area (Å²) in [5, 5.41) is 3.42. The maximum atomic E-state index is 5.43. The summed E-state index contributed by atoms with van der Waals surface area (Å²) in [6.45, 7) is 7.56. The summed E-state index contributed by atoms with van der Waals surface area (Å²) < 4.78 is 10.4. The average molecular weight is 271 g/mol. The maximum Gasteiger partial charge on any atom is 0.193 e. The molecule has 1 unspecified atom stereocenters. The maximum absolute atomic E-state index is 5.43. The molecule has 1 saturated heterocycles. The van der Waals surface area contributed by atoms with Gasteiger partial charge in [0.25, 0.3) is 0 Å². The second kappa shape index (κ2) is 10.0. The van der Waals surface area contributed by atoms with E-state index in [1.807, 2.05) is 7.05 Å². The number of hydrogen-bond acceptors (Lipinski definition) is 3. The van der Waals surface area contributed by atoms with Gasteiger partial charge in [-0.1, -0.05) is 6.92 Å². The molecule has 1 aliphatic heterocycles. The van der Waals surface area contributed by atoms with Crippen LogP contribution in [0.4, 0.5) is 0 Å². The van der Waals surface area contributed by atoms with Gasteiger partial charge in [0.1, 0.15) is 0 Å². The molecule has 1 atom stereocenters. The first-order chi connectivity index (χ1) is 9.27. The van der Waals surface area contributed by atoms with Crippen LogP contribution in [0.25, 0.3) is 0 Å². The fraction of sp³-hybridized carbons (Fsp3) is 0.929. The van der Waals surface area contributed by atoms with E-state index in [1.165, 1.54) is 12.8 Å². The van der Waals surface area contributed by atoms with Gasteiger partial charge in [0.15, 0.2) is 5.96 Å². The number of methoxy groups -OCH3 is 1. The normalized spacial score (nSPS) is 20.7. The van der Waals surface area contributed by atoms with Gasteiger partial charge in [-0.3, -0.25) is 4.99 Å². The van der Waals surface area contributed by atoms with Crippen LogP contribution in [-0.2, 0) is 9.47 Å². The van der Waals surface area contributed by atoms with E-state index in [4.69, 9.17) is 9.47 Å². The topological polar surface area (TPSA) is 46.1 Å². The predicted octanol–water partition coefficient (Wildman–Crippen LogP) is 1.35. The Bertz CT molecular complexity index is 259. The quantitative estimate of drug-likeness (QED) is 0.431. The molecule has 1 aliphatic rings. The van der Waals surface area contributed by atoms with Crippen LogP contribution in [0.15, 0.2) is 4.99 Å². The minimum absolute atomic E-state index is 0.667. The summed E-state index contributed by atoms with van der Waals surface area (Å²) in [7, 11) is 3.55. The van der Waals surface area contributed by atoms with Gasteiger partial charge in [0, 0.05) is 40.4 Å². The van der Waals surface area contributed by atoms with Crippen molar-refractivity contribution in [2.75, 3.05) is 53.6 Å². The van der Waals surface area contributed by atoms with Crippen molar-refractivity contribution < 1.29 is 9.47 Å². The lowest BCUT2D eigenvalue weighted by atomic mass is 10.0. The van der Waals surface area contributed by atoms with Crippen LogP contribution >= 0.6 is 0 Å². The van der Waals surface area contributed by atoms with Crippen LogP contribution in [0.1, 0.15) is 26.2 Å². The monoisotopic (exact) mass is 271 g/mol. The molecule has 1 fully saturated rings. The number of likely N-dealkylation sites (tertiary alicyclic amines) is 1. The molecule has 1 heterocycles. The fourth-order valence-corrected chi connectivity index (χ4v) is 2.33. The summed E-state index contributed by atoms with van der Waals surface area (Å²) >= 11 is 0. The molecule has 5 nitrogen and oxygen atoms in total. The molecule has 0 aliphatic carbocycles. The SMILES string of the molecule is CN=C(NCCCOCCOC)N1CCCC(C)C1. The zero-order valence-corrected chi connectivity index (χ0v) is 12.7. The van der Waals surface area contributed by atoms with Crippen molar-refractivity contribution in [3.05, 3.63) is 0 Å². The van der Waals surface area contributed by atoms with E-state index in [9.17, 15) is 0 Å². The van der Waals surface area contributed by atoms with Crippen molar-refractivity contribution in [3.63, 3.8) is 0 Å². The molecule has 0 aromatic carbocycles. The van der Waals surface area contributed by atoms with Crippen LogP contribution < -0.4 is 5.32 Å². The predicted molar refractivity (Wildman–Crippen MR) is 78.6 cm³/mol. The molecule has 0 saturated carbocycles. The summed E-state index contributed by atoms with van der Waals surface area (Å²) in [6, 6.07) is 0. The molecule has 1 rings (SSSR count). The van der Waals surface area contributed by atoms with E-state index >= 15 is 0 Å². The van der Waals surface area contributed by atoms with Gasteiger partial charge in [0.05, 0.1) is 13.2 Å². The molecule has 0 amide bonds. The van der Waals surface area contributed by atoms with Gasteiger partial charge in [0.2, 0.25) is 0 Å². The first-order valence-corrected chi connectivity index (χ1v) is 7.30. The largest absolute Gasteiger partial charge is 0.382 e. The number of aliphatic imine (C=N–C) groups is 1. The van der Waals surface area contributed by atoms with Gasteiger partial charge >= 0.3 is 0 Å². The van der Waals surface area contributed by atoms with E-state index in [2.05, 4.69) is 22.1 Å². The lowest BCUT2D eigenvalue weighted by Gasteiger charge is -2.33. The van der Waals surface area contributed by atoms with E-state index in [1.54, 1.807) is 7.11 Å². The van der Waals surface area contributed by atoms with E-state index in [0.29, 0.717) is 13.2 Å². The third kappa shape index (κ3) is 6.78. The number of nitrogens with one attached hydrogen (secondary N) is 1. The first kappa shape index (κ1) is 16.2. The minimum Gasteiger partial charge on any atom is -0.382 e. The zero-order chi connectivity index (χ0) is 13.9. The number of piperidine rings is 1. The number of rotatable bonds is 7. The first-order valence-electron chi connectivity index (χ1n) is 7.30. The highest BCUT2D eigenvalue weighted by molar-refractivity contribution is 5.79. The average Bonchev–Trinajstić information content (AvgIpc) is 2.42. The Morgan fingerprint density at radius 3 is 2.89 bits per heavy atom. The summed E-state index contributed by atoms with van der Waals surface area (Å²) in [4.78, 5) is 6.73. The Morgan fingerprint density at radius 2 is 2.21 bits per heavy atom.